The summed E-state index contributed by atoms with van der Waals surface area (Å²) in [6, 6.07) is 16.4. The molecule has 100 valence electrons. The molecule has 0 saturated carbocycles. The number of hydrogen-bond donors (Lipinski definition) is 1. The minimum absolute atomic E-state index is 0.821. The van der Waals surface area contributed by atoms with Crippen LogP contribution < -0.4 is 5.32 Å². The maximum atomic E-state index is 4.25. The second kappa shape index (κ2) is 5.43. The Kier molecular flexibility index (Phi) is 3.48. The Morgan fingerprint density at radius 2 is 1.55 bits per heavy atom. The van der Waals surface area contributed by atoms with Gasteiger partial charge in [-0.3, -0.25) is 0 Å². The smallest absolute Gasteiger partial charge is 0.210 e. The molecule has 0 spiro atoms. The van der Waals surface area contributed by atoms with Crippen LogP contribution in [0.15, 0.2) is 48.5 Å². The zero-order valence-corrected chi connectivity index (χ0v) is 12.2. The molecule has 0 unspecified atom stereocenters. The average Bonchev–Trinajstić information content (AvgIpc) is 2.93. The first-order chi connectivity index (χ1) is 9.74. The second-order valence-corrected chi connectivity index (χ2v) is 5.65. The van der Waals surface area contributed by atoms with Gasteiger partial charge in [-0.2, -0.15) is 0 Å². The van der Waals surface area contributed by atoms with Crippen LogP contribution in [0.5, 0.6) is 0 Å². The molecule has 20 heavy (non-hydrogen) atoms. The molecule has 0 aliphatic rings. The zero-order valence-electron chi connectivity index (χ0n) is 11.4. The molecule has 0 radical (unpaired) electrons. The van der Waals surface area contributed by atoms with Crippen molar-refractivity contribution in [2.75, 3.05) is 5.32 Å². The van der Waals surface area contributed by atoms with E-state index in [4.69, 9.17) is 0 Å². The van der Waals surface area contributed by atoms with Crippen molar-refractivity contribution in [1.29, 1.82) is 0 Å². The van der Waals surface area contributed by atoms with Gasteiger partial charge in [0.25, 0.3) is 0 Å². The van der Waals surface area contributed by atoms with Crippen LogP contribution in [-0.2, 0) is 0 Å². The van der Waals surface area contributed by atoms with Gasteiger partial charge in [0.2, 0.25) is 5.13 Å². The third-order valence-corrected chi connectivity index (χ3v) is 4.05. The third-order valence-electron chi connectivity index (χ3n) is 3.16. The molecule has 0 fully saturated rings. The lowest BCUT2D eigenvalue weighted by molar-refractivity contribution is 1.10. The van der Waals surface area contributed by atoms with Gasteiger partial charge >= 0.3 is 0 Å². The van der Waals surface area contributed by atoms with Crippen LogP contribution in [0, 0.1) is 13.8 Å². The maximum absolute atomic E-state index is 4.25. The van der Waals surface area contributed by atoms with Gasteiger partial charge in [0, 0.05) is 11.3 Å². The largest absolute Gasteiger partial charge is 0.330 e. The first-order valence-corrected chi connectivity index (χ1v) is 7.28. The Bertz CT molecular complexity index is 699. The molecule has 0 amide bonds. The van der Waals surface area contributed by atoms with E-state index in [0.29, 0.717) is 0 Å². The van der Waals surface area contributed by atoms with Gasteiger partial charge in [0.15, 0.2) is 0 Å². The highest BCUT2D eigenvalue weighted by atomic mass is 32.1. The molecule has 1 aromatic heterocycles. The number of nitrogens with one attached hydrogen (secondary N) is 1. The standard InChI is InChI=1S/C16H15N3S/c1-11-7-6-8-12(2)14(11)17-16-19-18-15(20-16)13-9-4-3-5-10-13/h3-10H,1-2H3,(H,17,19). The van der Waals surface area contributed by atoms with Crippen molar-refractivity contribution in [1.82, 2.24) is 10.2 Å². The van der Waals surface area contributed by atoms with Crippen molar-refractivity contribution in [3.8, 4) is 10.6 Å². The minimum atomic E-state index is 0.821. The van der Waals surface area contributed by atoms with Crippen LogP contribution in [0.2, 0.25) is 0 Å². The molecule has 2 aromatic carbocycles. The molecule has 3 aromatic rings. The highest BCUT2D eigenvalue weighted by Crippen LogP contribution is 2.30. The molecule has 0 saturated heterocycles. The average molecular weight is 281 g/mol. The Morgan fingerprint density at radius 3 is 2.25 bits per heavy atom. The number of anilines is 2. The van der Waals surface area contributed by atoms with Crippen LogP contribution in [-0.4, -0.2) is 10.2 Å². The van der Waals surface area contributed by atoms with E-state index in [1.165, 1.54) is 11.1 Å². The lowest BCUT2D eigenvalue weighted by Gasteiger charge is -2.09. The van der Waals surface area contributed by atoms with Crippen molar-refractivity contribution in [3.05, 3.63) is 59.7 Å². The summed E-state index contributed by atoms with van der Waals surface area (Å²) in [6.45, 7) is 4.18. The summed E-state index contributed by atoms with van der Waals surface area (Å²) in [5.41, 5.74) is 4.63. The second-order valence-electron chi connectivity index (χ2n) is 4.67. The van der Waals surface area contributed by atoms with E-state index in [1.807, 2.05) is 30.3 Å². The van der Waals surface area contributed by atoms with Crippen LogP contribution in [0.1, 0.15) is 11.1 Å². The molecule has 0 aliphatic carbocycles. The van der Waals surface area contributed by atoms with E-state index in [0.717, 1.165) is 21.4 Å². The summed E-state index contributed by atoms with van der Waals surface area (Å²) < 4.78 is 0. The lowest BCUT2D eigenvalue weighted by Crippen LogP contribution is -1.95. The van der Waals surface area contributed by atoms with Gasteiger partial charge in [-0.25, -0.2) is 0 Å². The van der Waals surface area contributed by atoms with Crippen molar-refractivity contribution in [3.63, 3.8) is 0 Å². The maximum Gasteiger partial charge on any atom is 0.210 e. The van der Waals surface area contributed by atoms with Crippen molar-refractivity contribution >= 4 is 22.2 Å². The summed E-state index contributed by atoms with van der Waals surface area (Å²) in [5, 5.41) is 13.6. The van der Waals surface area contributed by atoms with E-state index >= 15 is 0 Å². The van der Waals surface area contributed by atoms with Crippen molar-refractivity contribution in [2.24, 2.45) is 0 Å². The zero-order chi connectivity index (χ0) is 13.9. The first kappa shape index (κ1) is 12.8. The van der Waals surface area contributed by atoms with Crippen LogP contribution in [0.25, 0.3) is 10.6 Å². The molecule has 1 N–H and O–H groups in total. The van der Waals surface area contributed by atoms with Crippen molar-refractivity contribution < 1.29 is 0 Å². The van der Waals surface area contributed by atoms with E-state index in [2.05, 4.69) is 47.6 Å². The third kappa shape index (κ3) is 2.56. The predicted octanol–water partition coefficient (Wildman–Crippen LogP) is 4.57. The van der Waals surface area contributed by atoms with E-state index in [9.17, 15) is 0 Å². The van der Waals surface area contributed by atoms with Gasteiger partial charge in [-0.05, 0) is 25.0 Å². The Balaban J connectivity index is 1.88. The van der Waals surface area contributed by atoms with Crippen LogP contribution in [0.4, 0.5) is 10.8 Å². The lowest BCUT2D eigenvalue weighted by atomic mass is 10.1. The molecule has 4 heteroatoms. The molecule has 0 bridgehead atoms. The Hall–Kier alpha value is -2.20. The van der Waals surface area contributed by atoms with Crippen LogP contribution >= 0.6 is 11.3 Å². The quantitative estimate of drug-likeness (QED) is 0.764. The number of aromatic nitrogens is 2. The van der Waals surface area contributed by atoms with Gasteiger partial charge < -0.3 is 5.32 Å². The highest BCUT2D eigenvalue weighted by molar-refractivity contribution is 7.18. The number of aryl methyl sites for hydroxylation is 2. The number of nitrogens with zero attached hydrogens (tertiary/aromatic N) is 2. The minimum Gasteiger partial charge on any atom is -0.330 e. The normalized spacial score (nSPS) is 10.5. The Morgan fingerprint density at radius 1 is 0.850 bits per heavy atom. The molecule has 0 atom stereocenters. The molecule has 3 rings (SSSR count). The fourth-order valence-electron chi connectivity index (χ4n) is 2.09. The summed E-state index contributed by atoms with van der Waals surface area (Å²) in [6.07, 6.45) is 0. The summed E-state index contributed by atoms with van der Waals surface area (Å²) in [4.78, 5) is 0. The molecular formula is C16H15N3S. The fourth-order valence-corrected chi connectivity index (χ4v) is 2.84. The fraction of sp³-hybridized carbons (Fsp3) is 0.125. The SMILES string of the molecule is Cc1cccc(C)c1Nc1nnc(-c2ccccc2)s1. The Labute approximate surface area is 122 Å². The predicted molar refractivity (Wildman–Crippen MR) is 84.5 cm³/mol. The van der Waals surface area contributed by atoms with Gasteiger partial charge in [0.05, 0.1) is 0 Å². The van der Waals surface area contributed by atoms with Crippen molar-refractivity contribution in [2.45, 2.75) is 13.8 Å². The van der Waals surface area contributed by atoms with Gasteiger partial charge in [-0.15, -0.1) is 10.2 Å². The molecule has 3 nitrogen and oxygen atoms in total. The number of para-hydroxylation sites is 1. The van der Waals surface area contributed by atoms with E-state index in [1.54, 1.807) is 11.3 Å². The van der Waals surface area contributed by atoms with E-state index in [-0.39, 0.29) is 0 Å². The summed E-state index contributed by atoms with van der Waals surface area (Å²) in [7, 11) is 0. The molecule has 0 aliphatic heterocycles. The molecular weight excluding hydrogens is 266 g/mol. The van der Waals surface area contributed by atoms with Crippen LogP contribution in [0.3, 0.4) is 0 Å². The van der Waals surface area contributed by atoms with Gasteiger partial charge in [-0.1, -0.05) is 59.9 Å². The number of benzene rings is 2. The summed E-state index contributed by atoms with van der Waals surface area (Å²) >= 11 is 1.56. The first-order valence-electron chi connectivity index (χ1n) is 6.46. The monoisotopic (exact) mass is 281 g/mol. The number of rotatable bonds is 3. The molecule has 1 heterocycles. The topological polar surface area (TPSA) is 37.8 Å². The number of hydrogen-bond acceptors (Lipinski definition) is 4. The van der Waals surface area contributed by atoms with E-state index < -0.39 is 0 Å². The highest BCUT2D eigenvalue weighted by Gasteiger charge is 2.08. The summed E-state index contributed by atoms with van der Waals surface area (Å²) in [5.74, 6) is 0. The van der Waals surface area contributed by atoms with Gasteiger partial charge in [0.1, 0.15) is 5.01 Å².